The zero-order chi connectivity index (χ0) is 16.4. The van der Waals surface area contributed by atoms with Crippen molar-refractivity contribution in [2.24, 2.45) is 0 Å². The lowest BCUT2D eigenvalue weighted by Gasteiger charge is -2.18. The second-order valence-corrected chi connectivity index (χ2v) is 5.57. The Balaban J connectivity index is 1.78. The van der Waals surface area contributed by atoms with Crippen LogP contribution in [0.25, 0.3) is 0 Å². The fourth-order valence-electron chi connectivity index (χ4n) is 2.67. The molecule has 2 heterocycles. The molecule has 1 fully saturated rings. The highest BCUT2D eigenvalue weighted by Crippen LogP contribution is 2.22. The van der Waals surface area contributed by atoms with Gasteiger partial charge in [0.15, 0.2) is 0 Å². The second-order valence-electron chi connectivity index (χ2n) is 5.57. The molecule has 23 heavy (non-hydrogen) atoms. The first-order valence-corrected chi connectivity index (χ1v) is 7.53. The van der Waals surface area contributed by atoms with Gasteiger partial charge in [-0.2, -0.15) is 0 Å². The fraction of sp³-hybridized carbons (Fsp3) is 0.294. The van der Waals surface area contributed by atoms with Gasteiger partial charge in [0.05, 0.1) is 16.9 Å². The van der Waals surface area contributed by atoms with E-state index in [-0.39, 0.29) is 5.56 Å². The maximum Gasteiger partial charge on any atom is 0.258 e. The van der Waals surface area contributed by atoms with Crippen molar-refractivity contribution in [3.8, 4) is 0 Å². The molecule has 6 heteroatoms. The van der Waals surface area contributed by atoms with Gasteiger partial charge in [0.1, 0.15) is 17.5 Å². The van der Waals surface area contributed by atoms with Crippen LogP contribution in [0.2, 0.25) is 0 Å². The zero-order valence-electron chi connectivity index (χ0n) is 12.8. The van der Waals surface area contributed by atoms with Crippen molar-refractivity contribution in [1.29, 1.82) is 0 Å². The van der Waals surface area contributed by atoms with Crippen LogP contribution in [-0.4, -0.2) is 24.0 Å². The Kier molecular flexibility index (Phi) is 4.23. The first kappa shape index (κ1) is 15.4. The Labute approximate surface area is 133 Å². The van der Waals surface area contributed by atoms with Crippen molar-refractivity contribution in [2.75, 3.05) is 23.3 Å². The molecule has 1 saturated heterocycles. The van der Waals surface area contributed by atoms with E-state index in [0.29, 0.717) is 17.4 Å². The molecule has 1 aliphatic heterocycles. The largest absolute Gasteiger partial charge is 0.357 e. The average molecular weight is 317 g/mol. The van der Waals surface area contributed by atoms with Gasteiger partial charge in [-0.1, -0.05) is 0 Å². The summed E-state index contributed by atoms with van der Waals surface area (Å²) in [6, 6.07) is 6.47. The number of amides is 1. The number of carbonyl (C=O) groups is 1. The minimum absolute atomic E-state index is 0.200. The van der Waals surface area contributed by atoms with Crippen LogP contribution < -0.4 is 10.2 Å². The van der Waals surface area contributed by atoms with Gasteiger partial charge in [0.2, 0.25) is 0 Å². The van der Waals surface area contributed by atoms with Gasteiger partial charge in [0.25, 0.3) is 5.91 Å². The number of pyridine rings is 1. The molecule has 0 unspecified atom stereocenters. The summed E-state index contributed by atoms with van der Waals surface area (Å²) in [6.07, 6.45) is 2.31. The van der Waals surface area contributed by atoms with Gasteiger partial charge in [0, 0.05) is 19.2 Å². The number of hydrogen-bond donors (Lipinski definition) is 1. The van der Waals surface area contributed by atoms with Crippen LogP contribution in [0.15, 0.2) is 30.3 Å². The lowest BCUT2D eigenvalue weighted by Crippen LogP contribution is -2.20. The molecule has 0 saturated carbocycles. The van der Waals surface area contributed by atoms with Crippen LogP contribution in [0.1, 0.15) is 28.9 Å². The monoisotopic (exact) mass is 317 g/mol. The van der Waals surface area contributed by atoms with E-state index in [9.17, 15) is 13.6 Å². The van der Waals surface area contributed by atoms with Gasteiger partial charge in [-0.05, 0) is 44.0 Å². The molecule has 0 radical (unpaired) electrons. The van der Waals surface area contributed by atoms with Gasteiger partial charge < -0.3 is 10.2 Å². The Bertz CT molecular complexity index is 743. The van der Waals surface area contributed by atoms with E-state index < -0.39 is 17.5 Å². The molecule has 120 valence electrons. The molecule has 0 aliphatic carbocycles. The minimum Gasteiger partial charge on any atom is -0.357 e. The topological polar surface area (TPSA) is 45.2 Å². The van der Waals surface area contributed by atoms with E-state index in [4.69, 9.17) is 0 Å². The van der Waals surface area contributed by atoms with Crippen molar-refractivity contribution in [2.45, 2.75) is 19.8 Å². The Morgan fingerprint density at radius 2 is 1.91 bits per heavy atom. The maximum atomic E-state index is 13.6. The van der Waals surface area contributed by atoms with Crippen molar-refractivity contribution < 1.29 is 13.6 Å². The Morgan fingerprint density at radius 1 is 1.17 bits per heavy atom. The Hall–Kier alpha value is -2.50. The Morgan fingerprint density at radius 3 is 2.57 bits per heavy atom. The number of rotatable bonds is 3. The number of aryl methyl sites for hydroxylation is 1. The summed E-state index contributed by atoms with van der Waals surface area (Å²) in [5.74, 6) is -1.35. The molecule has 1 aromatic carbocycles. The van der Waals surface area contributed by atoms with Gasteiger partial charge in [-0.25, -0.2) is 13.8 Å². The van der Waals surface area contributed by atoms with Gasteiger partial charge in [-0.3, -0.25) is 4.79 Å². The molecule has 1 N–H and O–H groups in total. The summed E-state index contributed by atoms with van der Waals surface area (Å²) in [4.78, 5) is 18.8. The summed E-state index contributed by atoms with van der Waals surface area (Å²) >= 11 is 0. The first-order chi connectivity index (χ1) is 11.0. The number of nitrogens with zero attached hydrogens (tertiary/aromatic N) is 2. The molecule has 1 amide bonds. The predicted octanol–water partition coefficient (Wildman–Crippen LogP) is 3.52. The molecule has 1 aliphatic rings. The quantitative estimate of drug-likeness (QED) is 0.942. The molecule has 4 nitrogen and oxygen atoms in total. The number of hydrogen-bond acceptors (Lipinski definition) is 3. The number of benzene rings is 1. The molecular formula is C17H17F2N3O. The van der Waals surface area contributed by atoms with Crippen LogP contribution >= 0.6 is 0 Å². The highest BCUT2D eigenvalue weighted by Gasteiger charge is 2.16. The standard InChI is InChI=1S/C17H17F2N3O/c1-11-15(6-7-16(20-11)22-8-2-3-9-22)21-17(23)13-5-4-12(18)10-14(13)19/h4-7,10H,2-3,8-9H2,1H3,(H,21,23). The lowest BCUT2D eigenvalue weighted by molar-refractivity contribution is 0.102. The first-order valence-electron chi connectivity index (χ1n) is 7.53. The average Bonchev–Trinajstić information content (AvgIpc) is 3.03. The third kappa shape index (κ3) is 3.31. The van der Waals surface area contributed by atoms with E-state index in [0.717, 1.165) is 43.9 Å². The summed E-state index contributed by atoms with van der Waals surface area (Å²) in [5.41, 5.74) is 0.973. The second kappa shape index (κ2) is 6.32. The predicted molar refractivity (Wildman–Crippen MR) is 84.7 cm³/mol. The number of anilines is 2. The van der Waals surface area contributed by atoms with Gasteiger partial charge in [-0.15, -0.1) is 0 Å². The van der Waals surface area contributed by atoms with Crippen molar-refractivity contribution in [3.63, 3.8) is 0 Å². The van der Waals surface area contributed by atoms with Crippen molar-refractivity contribution in [3.05, 3.63) is 53.2 Å². The van der Waals surface area contributed by atoms with E-state index in [1.807, 2.05) is 6.07 Å². The van der Waals surface area contributed by atoms with Crippen LogP contribution in [0.5, 0.6) is 0 Å². The van der Waals surface area contributed by atoms with E-state index >= 15 is 0 Å². The molecule has 2 aromatic rings. The number of halogens is 2. The normalized spacial score (nSPS) is 14.1. The minimum atomic E-state index is -0.887. The number of nitrogens with one attached hydrogen (secondary N) is 1. The van der Waals surface area contributed by atoms with E-state index in [2.05, 4.69) is 15.2 Å². The molecule has 0 atom stereocenters. The summed E-state index contributed by atoms with van der Waals surface area (Å²) in [5, 5.41) is 2.62. The summed E-state index contributed by atoms with van der Waals surface area (Å²) in [7, 11) is 0. The van der Waals surface area contributed by atoms with Crippen LogP contribution in [0, 0.1) is 18.6 Å². The van der Waals surface area contributed by atoms with Crippen molar-refractivity contribution >= 4 is 17.4 Å². The van der Waals surface area contributed by atoms with Crippen LogP contribution in [-0.2, 0) is 0 Å². The molecule has 1 aromatic heterocycles. The number of carbonyl (C=O) groups excluding carboxylic acids is 1. The molecule has 0 spiro atoms. The zero-order valence-corrected chi connectivity index (χ0v) is 12.8. The van der Waals surface area contributed by atoms with Crippen LogP contribution in [0.3, 0.4) is 0 Å². The third-order valence-corrected chi connectivity index (χ3v) is 3.93. The SMILES string of the molecule is Cc1nc(N2CCCC2)ccc1NC(=O)c1ccc(F)cc1F. The van der Waals surface area contributed by atoms with Crippen molar-refractivity contribution in [1.82, 2.24) is 4.98 Å². The highest BCUT2D eigenvalue weighted by atomic mass is 19.1. The fourth-order valence-corrected chi connectivity index (χ4v) is 2.67. The molecule has 0 bridgehead atoms. The van der Waals surface area contributed by atoms with Gasteiger partial charge >= 0.3 is 0 Å². The maximum absolute atomic E-state index is 13.6. The number of aromatic nitrogens is 1. The molecular weight excluding hydrogens is 300 g/mol. The van der Waals surface area contributed by atoms with E-state index in [1.54, 1.807) is 13.0 Å². The summed E-state index contributed by atoms with van der Waals surface area (Å²) in [6.45, 7) is 3.76. The smallest absolute Gasteiger partial charge is 0.258 e. The molecule has 3 rings (SSSR count). The third-order valence-electron chi connectivity index (χ3n) is 3.93. The highest BCUT2D eigenvalue weighted by molar-refractivity contribution is 6.04. The van der Waals surface area contributed by atoms with E-state index in [1.165, 1.54) is 0 Å². The lowest BCUT2D eigenvalue weighted by atomic mass is 10.2. The van der Waals surface area contributed by atoms with Crippen LogP contribution in [0.4, 0.5) is 20.3 Å². The summed E-state index contributed by atoms with van der Waals surface area (Å²) < 4.78 is 26.6.